The van der Waals surface area contributed by atoms with Crippen LogP contribution in [0.1, 0.15) is 27.2 Å². The van der Waals surface area contributed by atoms with Gasteiger partial charge in [-0.05, 0) is 24.5 Å². The number of carbonyl (C=O) groups excluding carboxylic acids is 2. The van der Waals surface area contributed by atoms with E-state index in [4.69, 9.17) is 4.74 Å². The minimum Gasteiger partial charge on any atom is -0.464 e. The summed E-state index contributed by atoms with van der Waals surface area (Å²) in [5.41, 5.74) is 0. The van der Waals surface area contributed by atoms with Gasteiger partial charge in [0.15, 0.2) is 0 Å². The Morgan fingerprint density at radius 1 is 1.33 bits per heavy atom. The summed E-state index contributed by atoms with van der Waals surface area (Å²) >= 11 is 3.18. The summed E-state index contributed by atoms with van der Waals surface area (Å²) in [4.78, 5) is 27.9. The zero-order valence-corrected chi connectivity index (χ0v) is 16.1. The van der Waals surface area contributed by atoms with Crippen LogP contribution in [0.4, 0.5) is 0 Å². The molecule has 1 aromatic rings. The summed E-state index contributed by atoms with van der Waals surface area (Å²) in [5, 5.41) is 0.0352. The summed E-state index contributed by atoms with van der Waals surface area (Å²) in [5.74, 6) is 0.986. The summed E-state index contributed by atoms with van der Waals surface area (Å²) in [6, 6.07) is 9.39. The molecule has 0 radical (unpaired) electrons. The maximum absolute atomic E-state index is 12.8. The van der Waals surface area contributed by atoms with Crippen LogP contribution in [0.2, 0.25) is 0 Å². The molecule has 0 saturated carbocycles. The fourth-order valence-electron chi connectivity index (χ4n) is 2.57. The maximum atomic E-state index is 12.8. The lowest BCUT2D eigenvalue weighted by molar-refractivity contribution is -0.153. The lowest BCUT2D eigenvalue weighted by atomic mass is 10.1. The highest BCUT2D eigenvalue weighted by molar-refractivity contribution is 8.00. The number of nitrogens with zero attached hydrogens (tertiary/aromatic N) is 1. The topological polar surface area (TPSA) is 46.6 Å². The van der Waals surface area contributed by atoms with Crippen LogP contribution in [0, 0.1) is 5.92 Å². The molecule has 24 heavy (non-hydrogen) atoms. The third-order valence-corrected chi connectivity index (χ3v) is 6.34. The molecule has 0 spiro atoms. The summed E-state index contributed by atoms with van der Waals surface area (Å²) in [7, 11) is 0. The van der Waals surface area contributed by atoms with Crippen molar-refractivity contribution in [1.29, 1.82) is 0 Å². The highest BCUT2D eigenvalue weighted by Crippen LogP contribution is 2.35. The molecule has 2 atom stereocenters. The van der Waals surface area contributed by atoms with Crippen LogP contribution in [0.25, 0.3) is 0 Å². The van der Waals surface area contributed by atoms with Crippen LogP contribution in [-0.2, 0) is 14.3 Å². The van der Waals surface area contributed by atoms with Crippen molar-refractivity contribution in [3.63, 3.8) is 0 Å². The second kappa shape index (κ2) is 9.37. The first-order valence-corrected chi connectivity index (χ1v) is 10.3. The fraction of sp³-hybridized carbons (Fsp3) is 0.556. The van der Waals surface area contributed by atoms with Gasteiger partial charge in [0.25, 0.3) is 0 Å². The molecule has 2 unspecified atom stereocenters. The van der Waals surface area contributed by atoms with Gasteiger partial charge in [-0.25, -0.2) is 4.79 Å². The van der Waals surface area contributed by atoms with Crippen LogP contribution in [0.5, 0.6) is 0 Å². The van der Waals surface area contributed by atoms with Crippen molar-refractivity contribution in [3.8, 4) is 0 Å². The van der Waals surface area contributed by atoms with Crippen LogP contribution in [-0.4, -0.2) is 46.3 Å². The van der Waals surface area contributed by atoms with E-state index in [1.165, 1.54) is 11.8 Å². The third-order valence-electron chi connectivity index (χ3n) is 3.72. The number of rotatable bonds is 7. The molecule has 1 amide bonds. The van der Waals surface area contributed by atoms with Gasteiger partial charge in [-0.3, -0.25) is 4.79 Å². The molecule has 1 saturated heterocycles. The highest BCUT2D eigenvalue weighted by Gasteiger charge is 2.43. The van der Waals surface area contributed by atoms with Crippen LogP contribution < -0.4 is 0 Å². The van der Waals surface area contributed by atoms with Crippen molar-refractivity contribution < 1.29 is 14.3 Å². The summed E-state index contributed by atoms with van der Waals surface area (Å²) in [6.07, 6.45) is 0.789. The molecule has 1 aliphatic rings. The van der Waals surface area contributed by atoms with Gasteiger partial charge >= 0.3 is 5.97 Å². The molecule has 2 rings (SSSR count). The van der Waals surface area contributed by atoms with Crippen LogP contribution >= 0.6 is 23.5 Å². The average Bonchev–Trinajstić information content (AvgIpc) is 3.04. The first-order chi connectivity index (χ1) is 11.5. The number of ether oxygens (including phenoxy) is 1. The fourth-order valence-corrected chi connectivity index (χ4v) is 4.85. The molecule has 1 aromatic carbocycles. The van der Waals surface area contributed by atoms with Crippen molar-refractivity contribution in [2.24, 2.45) is 5.92 Å². The van der Waals surface area contributed by atoms with Gasteiger partial charge in [0.05, 0.1) is 17.7 Å². The lowest BCUT2D eigenvalue weighted by Gasteiger charge is -2.30. The number of benzene rings is 1. The highest BCUT2D eigenvalue weighted by atomic mass is 32.2. The zero-order chi connectivity index (χ0) is 17.5. The van der Waals surface area contributed by atoms with Crippen molar-refractivity contribution in [2.75, 3.05) is 18.1 Å². The second-order valence-electron chi connectivity index (χ2n) is 6.05. The molecule has 0 aromatic heterocycles. The van der Waals surface area contributed by atoms with E-state index >= 15 is 0 Å². The van der Waals surface area contributed by atoms with Crippen molar-refractivity contribution in [1.82, 2.24) is 4.90 Å². The molecule has 0 bridgehead atoms. The standard InChI is InChI=1S/C18H25NO3S2/c1-4-10-22-18(21)15-11-24-17(13(2)3)19(15)16(20)12-23-14-8-6-5-7-9-14/h5-9,13,15,17H,4,10-12H2,1-3H3. The number of thioether (sulfide) groups is 2. The Bertz CT molecular complexity index is 550. The molecule has 6 heteroatoms. The van der Waals surface area contributed by atoms with E-state index in [1.807, 2.05) is 37.3 Å². The summed E-state index contributed by atoms with van der Waals surface area (Å²) < 4.78 is 5.29. The van der Waals surface area contributed by atoms with E-state index in [1.54, 1.807) is 16.7 Å². The first-order valence-electron chi connectivity index (χ1n) is 8.31. The minimum absolute atomic E-state index is 0.00556. The third kappa shape index (κ3) is 4.93. The van der Waals surface area contributed by atoms with Gasteiger partial charge in [-0.1, -0.05) is 39.0 Å². The number of hydrogen-bond acceptors (Lipinski definition) is 5. The molecule has 0 aliphatic carbocycles. The zero-order valence-electron chi connectivity index (χ0n) is 14.4. The summed E-state index contributed by atoms with van der Waals surface area (Å²) in [6.45, 7) is 6.55. The largest absolute Gasteiger partial charge is 0.464 e. The molecule has 0 N–H and O–H groups in total. The number of amides is 1. The van der Waals surface area contributed by atoms with Crippen LogP contribution in [0.15, 0.2) is 35.2 Å². The Morgan fingerprint density at radius 2 is 2.04 bits per heavy atom. The number of esters is 1. The normalized spacial score (nSPS) is 20.4. The van der Waals surface area contributed by atoms with Crippen molar-refractivity contribution in [3.05, 3.63) is 30.3 Å². The smallest absolute Gasteiger partial charge is 0.329 e. The Hall–Kier alpha value is -1.14. The van der Waals surface area contributed by atoms with Crippen molar-refractivity contribution in [2.45, 2.75) is 43.5 Å². The van der Waals surface area contributed by atoms with Crippen LogP contribution in [0.3, 0.4) is 0 Å². The molecular weight excluding hydrogens is 342 g/mol. The monoisotopic (exact) mass is 367 g/mol. The molecule has 1 fully saturated rings. The Morgan fingerprint density at radius 3 is 2.67 bits per heavy atom. The molecule has 1 heterocycles. The van der Waals surface area contributed by atoms with Gasteiger partial charge in [0.2, 0.25) is 5.91 Å². The van der Waals surface area contributed by atoms with Crippen molar-refractivity contribution >= 4 is 35.4 Å². The van der Waals surface area contributed by atoms with E-state index in [0.717, 1.165) is 11.3 Å². The second-order valence-corrected chi connectivity index (χ2v) is 8.25. The van der Waals surface area contributed by atoms with Gasteiger partial charge in [-0.2, -0.15) is 0 Å². The van der Waals surface area contributed by atoms with Gasteiger partial charge in [0.1, 0.15) is 6.04 Å². The predicted octanol–water partition coefficient (Wildman–Crippen LogP) is 3.66. The van der Waals surface area contributed by atoms with E-state index in [2.05, 4.69) is 13.8 Å². The SMILES string of the molecule is CCCOC(=O)C1CSC(C(C)C)N1C(=O)CSc1ccccc1. The van der Waals surface area contributed by atoms with Gasteiger partial charge < -0.3 is 9.64 Å². The Kier molecular flexibility index (Phi) is 7.49. The first kappa shape index (κ1) is 19.2. The van der Waals surface area contributed by atoms with Gasteiger partial charge in [-0.15, -0.1) is 23.5 Å². The molecule has 1 aliphatic heterocycles. The van der Waals surface area contributed by atoms with E-state index in [9.17, 15) is 9.59 Å². The Balaban J connectivity index is 2.04. The predicted molar refractivity (Wildman–Crippen MR) is 100 cm³/mol. The molecule has 132 valence electrons. The molecule has 4 nitrogen and oxygen atoms in total. The molecular formula is C18H25NO3S2. The van der Waals surface area contributed by atoms with E-state index < -0.39 is 6.04 Å². The number of hydrogen-bond donors (Lipinski definition) is 0. The lowest BCUT2D eigenvalue weighted by Crippen LogP contribution is -2.48. The Labute approximate surface area is 152 Å². The van der Waals surface area contributed by atoms with E-state index in [-0.39, 0.29) is 17.3 Å². The maximum Gasteiger partial charge on any atom is 0.329 e. The van der Waals surface area contributed by atoms with E-state index in [0.29, 0.717) is 24.0 Å². The minimum atomic E-state index is -0.460. The average molecular weight is 368 g/mol. The quantitative estimate of drug-likeness (QED) is 0.544. The number of carbonyl (C=O) groups is 2. The van der Waals surface area contributed by atoms with Gasteiger partial charge in [0, 0.05) is 10.6 Å².